The van der Waals surface area contributed by atoms with E-state index in [9.17, 15) is 9.59 Å². The number of benzene rings is 2. The first-order valence-electron chi connectivity index (χ1n) is 8.50. The highest BCUT2D eigenvalue weighted by Crippen LogP contribution is 2.17. The number of aryl methyl sites for hydroxylation is 2. The van der Waals surface area contributed by atoms with Crippen LogP contribution in [0.4, 0.5) is 5.69 Å². The number of carbonyl (C=O) groups excluding carboxylic acids is 2. The maximum atomic E-state index is 12.5. The quantitative estimate of drug-likeness (QED) is 0.891. The number of nitrogens with zero attached hydrogens (tertiary/aromatic N) is 1. The maximum Gasteiger partial charge on any atom is 0.254 e. The molecular formula is C21H26N2O2. The van der Waals surface area contributed by atoms with Crippen LogP contribution in [-0.2, 0) is 4.79 Å². The summed E-state index contributed by atoms with van der Waals surface area (Å²) in [4.78, 5) is 26.2. The summed E-state index contributed by atoms with van der Waals surface area (Å²) >= 11 is 0. The smallest absolute Gasteiger partial charge is 0.254 e. The van der Waals surface area contributed by atoms with Crippen LogP contribution in [0.5, 0.6) is 0 Å². The first-order chi connectivity index (χ1) is 11.8. The lowest BCUT2D eigenvalue weighted by molar-refractivity contribution is -0.116. The SMILES string of the molecule is Cc1ccc(C)c(NC(=O)CN(C)C(=O)c2ccc(C(C)C)cc2)c1. The van der Waals surface area contributed by atoms with Gasteiger partial charge in [0.25, 0.3) is 5.91 Å². The van der Waals surface area contributed by atoms with Crippen molar-refractivity contribution in [1.82, 2.24) is 4.90 Å². The highest BCUT2D eigenvalue weighted by molar-refractivity contribution is 5.99. The van der Waals surface area contributed by atoms with Gasteiger partial charge in [0, 0.05) is 18.3 Å². The first-order valence-corrected chi connectivity index (χ1v) is 8.50. The Balaban J connectivity index is 2.00. The molecule has 0 radical (unpaired) electrons. The van der Waals surface area contributed by atoms with Gasteiger partial charge in [0.1, 0.15) is 0 Å². The molecule has 2 amide bonds. The molecule has 0 aliphatic carbocycles. The summed E-state index contributed by atoms with van der Waals surface area (Å²) in [5.41, 5.74) is 4.64. The van der Waals surface area contributed by atoms with E-state index >= 15 is 0 Å². The fourth-order valence-corrected chi connectivity index (χ4v) is 2.58. The molecule has 0 heterocycles. The minimum Gasteiger partial charge on any atom is -0.332 e. The van der Waals surface area contributed by atoms with Crippen LogP contribution in [0.15, 0.2) is 42.5 Å². The Morgan fingerprint density at radius 3 is 2.28 bits per heavy atom. The molecule has 0 spiro atoms. The first kappa shape index (κ1) is 18.7. The van der Waals surface area contributed by atoms with Gasteiger partial charge in [-0.2, -0.15) is 0 Å². The van der Waals surface area contributed by atoms with Crippen LogP contribution in [0.1, 0.15) is 46.8 Å². The summed E-state index contributed by atoms with van der Waals surface area (Å²) in [5.74, 6) is 0.0556. The molecule has 0 saturated heterocycles. The molecule has 0 aliphatic rings. The number of rotatable bonds is 5. The van der Waals surface area contributed by atoms with Gasteiger partial charge in [-0.15, -0.1) is 0 Å². The molecule has 4 nitrogen and oxygen atoms in total. The van der Waals surface area contributed by atoms with Gasteiger partial charge in [0.2, 0.25) is 5.91 Å². The maximum absolute atomic E-state index is 12.5. The Morgan fingerprint density at radius 1 is 1.04 bits per heavy atom. The van der Waals surface area contributed by atoms with Crippen molar-refractivity contribution in [1.29, 1.82) is 0 Å². The minimum atomic E-state index is -0.205. The van der Waals surface area contributed by atoms with E-state index in [0.717, 1.165) is 16.8 Å². The number of likely N-dealkylation sites (N-methyl/N-ethyl adjacent to an activating group) is 1. The summed E-state index contributed by atoms with van der Waals surface area (Å²) in [7, 11) is 1.64. The van der Waals surface area contributed by atoms with Crippen LogP contribution >= 0.6 is 0 Å². The van der Waals surface area contributed by atoms with Gasteiger partial charge < -0.3 is 10.2 Å². The zero-order valence-corrected chi connectivity index (χ0v) is 15.6. The number of nitrogens with one attached hydrogen (secondary N) is 1. The predicted octanol–water partition coefficient (Wildman–Crippen LogP) is 4.14. The van der Waals surface area contributed by atoms with Crippen molar-refractivity contribution in [2.45, 2.75) is 33.6 Å². The van der Waals surface area contributed by atoms with Crippen LogP contribution in [0.3, 0.4) is 0 Å². The molecule has 0 aromatic heterocycles. The Labute approximate surface area is 149 Å². The number of hydrogen-bond donors (Lipinski definition) is 1. The normalized spacial score (nSPS) is 10.6. The van der Waals surface area contributed by atoms with Crippen molar-refractivity contribution in [2.24, 2.45) is 0 Å². The molecule has 1 N–H and O–H groups in total. The van der Waals surface area contributed by atoms with Crippen LogP contribution in [0.25, 0.3) is 0 Å². The molecule has 4 heteroatoms. The summed E-state index contributed by atoms with van der Waals surface area (Å²) < 4.78 is 0. The fraction of sp³-hybridized carbons (Fsp3) is 0.333. The summed E-state index contributed by atoms with van der Waals surface area (Å²) in [6.07, 6.45) is 0. The third-order valence-corrected chi connectivity index (χ3v) is 4.22. The standard InChI is InChI=1S/C21H26N2O2/c1-14(2)17-8-10-18(11-9-17)21(25)23(5)13-20(24)22-19-12-15(3)6-7-16(19)4/h6-12,14H,13H2,1-5H3,(H,22,24). The molecule has 0 saturated carbocycles. The van der Waals surface area contributed by atoms with Crippen molar-refractivity contribution < 1.29 is 9.59 Å². The lowest BCUT2D eigenvalue weighted by atomic mass is 10.0. The molecule has 2 aromatic rings. The Bertz CT molecular complexity index is 764. The third kappa shape index (κ3) is 4.92. The molecule has 0 bridgehead atoms. The van der Waals surface area contributed by atoms with E-state index in [1.165, 1.54) is 10.5 Å². The minimum absolute atomic E-state index is 0.0121. The Kier molecular flexibility index (Phi) is 5.97. The van der Waals surface area contributed by atoms with Crippen molar-refractivity contribution in [3.8, 4) is 0 Å². The number of hydrogen-bond acceptors (Lipinski definition) is 2. The third-order valence-electron chi connectivity index (χ3n) is 4.22. The van der Waals surface area contributed by atoms with Crippen LogP contribution in [0.2, 0.25) is 0 Å². The van der Waals surface area contributed by atoms with Gasteiger partial charge >= 0.3 is 0 Å². The van der Waals surface area contributed by atoms with Crippen molar-refractivity contribution in [2.75, 3.05) is 18.9 Å². The molecule has 0 atom stereocenters. The summed E-state index contributed by atoms with van der Waals surface area (Å²) in [5, 5.41) is 2.88. The number of amides is 2. The van der Waals surface area contributed by atoms with Gasteiger partial charge in [-0.1, -0.05) is 38.1 Å². The number of carbonyl (C=O) groups is 2. The number of anilines is 1. The average Bonchev–Trinajstić information content (AvgIpc) is 2.57. The second kappa shape index (κ2) is 7.97. The Morgan fingerprint density at radius 2 is 1.68 bits per heavy atom. The van der Waals surface area contributed by atoms with E-state index in [2.05, 4.69) is 19.2 Å². The lowest BCUT2D eigenvalue weighted by Crippen LogP contribution is -2.35. The van der Waals surface area contributed by atoms with Gasteiger partial charge in [-0.25, -0.2) is 0 Å². The summed E-state index contributed by atoms with van der Waals surface area (Å²) in [6.45, 7) is 8.16. The van der Waals surface area contributed by atoms with Crippen LogP contribution in [0, 0.1) is 13.8 Å². The molecule has 0 fully saturated rings. The molecule has 0 aliphatic heterocycles. The van der Waals surface area contributed by atoms with Crippen LogP contribution < -0.4 is 5.32 Å². The zero-order chi connectivity index (χ0) is 18.6. The fourth-order valence-electron chi connectivity index (χ4n) is 2.58. The van der Waals surface area contributed by atoms with Crippen LogP contribution in [-0.4, -0.2) is 30.3 Å². The van der Waals surface area contributed by atoms with Crippen molar-refractivity contribution >= 4 is 17.5 Å². The highest BCUT2D eigenvalue weighted by atomic mass is 16.2. The molecule has 2 aromatic carbocycles. The van der Waals surface area contributed by atoms with E-state index in [4.69, 9.17) is 0 Å². The van der Waals surface area contributed by atoms with Gasteiger partial charge in [0.15, 0.2) is 0 Å². The molecule has 0 unspecified atom stereocenters. The van der Waals surface area contributed by atoms with Crippen molar-refractivity contribution in [3.05, 3.63) is 64.7 Å². The molecule has 25 heavy (non-hydrogen) atoms. The molecule has 2 rings (SSSR count). The largest absolute Gasteiger partial charge is 0.332 e. The average molecular weight is 338 g/mol. The Hall–Kier alpha value is -2.62. The second-order valence-electron chi connectivity index (χ2n) is 6.80. The molecular weight excluding hydrogens is 312 g/mol. The molecule has 132 valence electrons. The second-order valence-corrected chi connectivity index (χ2v) is 6.80. The van der Waals surface area contributed by atoms with E-state index in [1.54, 1.807) is 7.05 Å². The summed E-state index contributed by atoms with van der Waals surface area (Å²) in [6, 6.07) is 13.5. The van der Waals surface area contributed by atoms with E-state index in [0.29, 0.717) is 11.5 Å². The van der Waals surface area contributed by atoms with E-state index in [-0.39, 0.29) is 18.4 Å². The zero-order valence-electron chi connectivity index (χ0n) is 15.6. The van der Waals surface area contributed by atoms with Gasteiger partial charge in [0.05, 0.1) is 6.54 Å². The monoisotopic (exact) mass is 338 g/mol. The van der Waals surface area contributed by atoms with Gasteiger partial charge in [-0.3, -0.25) is 9.59 Å². The van der Waals surface area contributed by atoms with E-state index < -0.39 is 0 Å². The van der Waals surface area contributed by atoms with Gasteiger partial charge in [-0.05, 0) is 54.7 Å². The topological polar surface area (TPSA) is 49.4 Å². The van der Waals surface area contributed by atoms with E-state index in [1.807, 2.05) is 56.3 Å². The lowest BCUT2D eigenvalue weighted by Gasteiger charge is -2.18. The predicted molar refractivity (Wildman–Crippen MR) is 102 cm³/mol. The van der Waals surface area contributed by atoms with Crippen molar-refractivity contribution in [3.63, 3.8) is 0 Å². The highest BCUT2D eigenvalue weighted by Gasteiger charge is 2.15.